The number of fused-ring (bicyclic) bond motifs is 2. The first kappa shape index (κ1) is 42.6. The minimum absolute atomic E-state index is 0.0432. The van der Waals surface area contributed by atoms with Crippen molar-refractivity contribution in [1.29, 1.82) is 0 Å². The molecule has 3 N–H and O–H groups in total. The molecule has 9 aromatic rings. The molecule has 0 radical (unpaired) electrons. The molecule has 9 aromatic carbocycles. The summed E-state index contributed by atoms with van der Waals surface area (Å²) >= 11 is 0. The van der Waals surface area contributed by atoms with E-state index in [1.54, 1.807) is 0 Å². The van der Waals surface area contributed by atoms with Crippen molar-refractivity contribution in [3.63, 3.8) is 0 Å². The Labute approximate surface area is 399 Å². The van der Waals surface area contributed by atoms with Crippen molar-refractivity contribution >= 4 is 102 Å². The van der Waals surface area contributed by atoms with Gasteiger partial charge in [0.1, 0.15) is 6.04 Å². The minimum Gasteiger partial charge on any atom is -0.399 e. The largest absolute Gasteiger partial charge is 0.399 e. The smallest absolute Gasteiger partial charge is 0.256 e. The van der Waals surface area contributed by atoms with Crippen molar-refractivity contribution < 1.29 is 19.2 Å². The second-order valence-electron chi connectivity index (χ2n) is 17.5. The van der Waals surface area contributed by atoms with Crippen LogP contribution in [0, 0.1) is 0 Å². The summed E-state index contributed by atoms with van der Waals surface area (Å²) in [7, 11) is 0. The van der Waals surface area contributed by atoms with E-state index in [9.17, 15) is 19.2 Å². The van der Waals surface area contributed by atoms with Crippen molar-refractivity contribution in [2.45, 2.75) is 31.7 Å². The van der Waals surface area contributed by atoms with Crippen LogP contribution in [0.1, 0.15) is 30.4 Å². The van der Waals surface area contributed by atoms with E-state index in [-0.39, 0.29) is 42.9 Å². The Balaban J connectivity index is 0.888. The number of nitrogen functional groups attached to an aromatic ring is 1. The van der Waals surface area contributed by atoms with E-state index in [2.05, 4.69) is 100 Å². The SMILES string of the molecule is Nc1ccc(Cc2ccc(NC3CC(=O)N(c4ccc(N(c5ccc(N(c6ccc(N7C(=O)CCC7=O)cc6)c6ccc7ccccc7c6)cc5)c5ccc6ccccc6c5)cc4)C3=O)cc2)cc1. The van der Waals surface area contributed by atoms with Crippen molar-refractivity contribution in [2.75, 3.05) is 30.7 Å². The van der Waals surface area contributed by atoms with Gasteiger partial charge in [0.2, 0.25) is 17.7 Å². The number of nitrogens with one attached hydrogen (secondary N) is 1. The number of anilines is 10. The van der Waals surface area contributed by atoms with Gasteiger partial charge in [-0.05, 0) is 160 Å². The summed E-state index contributed by atoms with van der Waals surface area (Å²) in [4.78, 5) is 59.5. The summed E-state index contributed by atoms with van der Waals surface area (Å²) in [5, 5.41) is 7.71. The van der Waals surface area contributed by atoms with Gasteiger partial charge in [-0.2, -0.15) is 0 Å². The highest BCUT2D eigenvalue weighted by Gasteiger charge is 2.39. The fourth-order valence-electron chi connectivity index (χ4n) is 9.45. The van der Waals surface area contributed by atoms with Crippen LogP contribution in [-0.4, -0.2) is 29.7 Å². The van der Waals surface area contributed by atoms with E-state index in [0.717, 1.165) is 84.6 Å². The zero-order chi connectivity index (χ0) is 47.0. The summed E-state index contributed by atoms with van der Waals surface area (Å²) in [6, 6.07) is 67.6. The predicted molar refractivity (Wildman–Crippen MR) is 277 cm³/mol. The highest BCUT2D eigenvalue weighted by atomic mass is 16.2. The predicted octanol–water partition coefficient (Wildman–Crippen LogP) is 12.5. The van der Waals surface area contributed by atoms with Crippen LogP contribution in [0.4, 0.5) is 56.9 Å². The highest BCUT2D eigenvalue weighted by molar-refractivity contribution is 6.23. The molecule has 0 aromatic heterocycles. The summed E-state index contributed by atoms with van der Waals surface area (Å²) in [6.45, 7) is 0. The molecule has 10 nitrogen and oxygen atoms in total. The van der Waals surface area contributed by atoms with Gasteiger partial charge in [0, 0.05) is 58.3 Å². The normalized spacial score (nSPS) is 14.8. The molecule has 2 aliphatic rings. The van der Waals surface area contributed by atoms with Gasteiger partial charge in [0.15, 0.2) is 0 Å². The Bertz CT molecular complexity index is 3400. The Hall–Kier alpha value is -9.02. The molecule has 2 heterocycles. The maximum Gasteiger partial charge on any atom is 0.256 e. The molecule has 0 aliphatic carbocycles. The van der Waals surface area contributed by atoms with Crippen molar-refractivity contribution in [3.05, 3.63) is 217 Å². The fourth-order valence-corrected chi connectivity index (χ4v) is 9.45. The molecule has 0 spiro atoms. The van der Waals surface area contributed by atoms with Crippen LogP contribution in [0.15, 0.2) is 206 Å². The van der Waals surface area contributed by atoms with E-state index in [1.807, 2.05) is 121 Å². The third-order valence-electron chi connectivity index (χ3n) is 13.0. The molecule has 2 aliphatic heterocycles. The van der Waals surface area contributed by atoms with E-state index >= 15 is 0 Å². The molecule has 4 amide bonds. The van der Waals surface area contributed by atoms with Gasteiger partial charge in [0.05, 0.1) is 17.8 Å². The quantitative estimate of drug-likeness (QED) is 0.0919. The summed E-state index contributed by atoms with van der Waals surface area (Å²) in [5.74, 6) is -0.950. The molecule has 2 fully saturated rings. The lowest BCUT2D eigenvalue weighted by Gasteiger charge is -2.29. The van der Waals surface area contributed by atoms with Gasteiger partial charge in [-0.3, -0.25) is 24.1 Å². The van der Waals surface area contributed by atoms with Gasteiger partial charge >= 0.3 is 0 Å². The van der Waals surface area contributed by atoms with E-state index in [4.69, 9.17) is 5.73 Å². The lowest BCUT2D eigenvalue weighted by molar-refractivity contribution is -0.122. The van der Waals surface area contributed by atoms with Crippen LogP contribution in [-0.2, 0) is 25.6 Å². The number of imide groups is 2. The standard InChI is InChI=1S/C59H46N6O4/c60-45-15-9-39(10-16-45)35-40-11-17-46(18-12-40)61-55-38-58(68)65(59(55)69)52-31-27-50(28-32-52)63(54-20-14-42-6-2-4-8-44(42)37-54)48-23-21-47(22-24-48)62(53-19-13-41-5-1-3-7-43(41)36-53)49-25-29-51(30-26-49)64-56(66)33-34-57(64)67/h1-32,36-37,55,61H,33-35,38,60H2. The number of hydrogen-bond acceptors (Lipinski definition) is 8. The van der Waals surface area contributed by atoms with Crippen LogP contribution >= 0.6 is 0 Å². The molecular formula is C59H46N6O4. The number of carbonyl (C=O) groups is 4. The Morgan fingerprint density at radius 3 is 1.32 bits per heavy atom. The van der Waals surface area contributed by atoms with Crippen LogP contribution in [0.25, 0.3) is 21.5 Å². The summed E-state index contributed by atoms with van der Waals surface area (Å²) in [6.07, 6.45) is 1.24. The van der Waals surface area contributed by atoms with Crippen molar-refractivity contribution in [3.8, 4) is 0 Å². The van der Waals surface area contributed by atoms with Crippen LogP contribution in [0.2, 0.25) is 0 Å². The average molecular weight is 903 g/mol. The van der Waals surface area contributed by atoms with Crippen LogP contribution in [0.3, 0.4) is 0 Å². The first-order valence-corrected chi connectivity index (χ1v) is 23.0. The van der Waals surface area contributed by atoms with E-state index in [1.165, 1.54) is 9.80 Å². The Morgan fingerprint density at radius 2 is 0.841 bits per heavy atom. The molecular weight excluding hydrogens is 857 g/mol. The van der Waals surface area contributed by atoms with E-state index < -0.39 is 6.04 Å². The zero-order valence-corrected chi connectivity index (χ0v) is 37.5. The van der Waals surface area contributed by atoms with Crippen molar-refractivity contribution in [2.24, 2.45) is 0 Å². The number of rotatable bonds is 12. The summed E-state index contributed by atoms with van der Waals surface area (Å²) in [5.41, 5.74) is 16.0. The zero-order valence-electron chi connectivity index (χ0n) is 37.5. The van der Waals surface area contributed by atoms with Gasteiger partial charge < -0.3 is 20.9 Å². The third-order valence-corrected chi connectivity index (χ3v) is 13.0. The number of nitrogens with two attached hydrogens (primary N) is 1. The number of amides is 4. The lowest BCUT2D eigenvalue weighted by atomic mass is 10.0. The molecule has 0 bridgehead atoms. The molecule has 10 heteroatoms. The Kier molecular flexibility index (Phi) is 11.1. The second-order valence-corrected chi connectivity index (χ2v) is 17.5. The van der Waals surface area contributed by atoms with Crippen LogP contribution in [0.5, 0.6) is 0 Å². The third kappa shape index (κ3) is 8.51. The fraction of sp³-hybridized carbons (Fsp3) is 0.0847. The molecule has 1 unspecified atom stereocenters. The first-order valence-electron chi connectivity index (χ1n) is 23.0. The Morgan fingerprint density at radius 1 is 0.435 bits per heavy atom. The molecule has 69 heavy (non-hydrogen) atoms. The van der Waals surface area contributed by atoms with Crippen molar-refractivity contribution in [1.82, 2.24) is 0 Å². The first-order chi connectivity index (χ1) is 33.7. The number of benzene rings is 9. The summed E-state index contributed by atoms with van der Waals surface area (Å²) < 4.78 is 0. The topological polar surface area (TPSA) is 119 Å². The molecule has 336 valence electrons. The molecule has 0 saturated carbocycles. The minimum atomic E-state index is -0.696. The van der Waals surface area contributed by atoms with Gasteiger partial charge in [-0.1, -0.05) is 84.9 Å². The highest BCUT2D eigenvalue weighted by Crippen LogP contribution is 2.42. The van der Waals surface area contributed by atoms with Gasteiger partial charge in [0.25, 0.3) is 5.91 Å². The van der Waals surface area contributed by atoms with Crippen LogP contribution < -0.4 is 30.7 Å². The maximum atomic E-state index is 13.9. The second kappa shape index (κ2) is 18.0. The monoisotopic (exact) mass is 902 g/mol. The maximum absolute atomic E-state index is 13.9. The number of nitrogens with zero attached hydrogens (tertiary/aromatic N) is 4. The number of hydrogen-bond donors (Lipinski definition) is 2. The van der Waals surface area contributed by atoms with E-state index in [0.29, 0.717) is 11.4 Å². The lowest BCUT2D eigenvalue weighted by Crippen LogP contribution is -2.34. The average Bonchev–Trinajstić information content (AvgIpc) is 3.87. The molecule has 2 saturated heterocycles. The van der Waals surface area contributed by atoms with Gasteiger partial charge in [-0.15, -0.1) is 0 Å². The van der Waals surface area contributed by atoms with Gasteiger partial charge in [-0.25, -0.2) is 4.90 Å². The number of carbonyl (C=O) groups excluding carboxylic acids is 4. The molecule has 1 atom stereocenters. The molecule has 11 rings (SSSR count).